The maximum Gasteiger partial charge on any atom is 0.323 e. The van der Waals surface area contributed by atoms with E-state index in [0.717, 1.165) is 23.0 Å². The van der Waals surface area contributed by atoms with E-state index in [1.165, 1.54) is 5.56 Å². The van der Waals surface area contributed by atoms with E-state index in [1.807, 2.05) is 42.6 Å². The van der Waals surface area contributed by atoms with E-state index >= 15 is 0 Å². The number of fused-ring (bicyclic) bond motifs is 1. The Kier molecular flexibility index (Phi) is 4.16. The van der Waals surface area contributed by atoms with Crippen LogP contribution in [0.15, 0.2) is 55.0 Å². The van der Waals surface area contributed by atoms with Crippen LogP contribution < -0.4 is 5.32 Å². The van der Waals surface area contributed by atoms with E-state index in [-0.39, 0.29) is 6.54 Å². The van der Waals surface area contributed by atoms with Gasteiger partial charge in [0.25, 0.3) is 0 Å². The number of carboxylic acids is 1. The SMILES string of the molecule is O=C(O)Cn1cc(CNCc2ccncc2)c2ccccc21. The summed E-state index contributed by atoms with van der Waals surface area (Å²) in [7, 11) is 0. The third kappa shape index (κ3) is 3.15. The Bertz CT molecular complexity index is 781. The third-order valence-corrected chi connectivity index (χ3v) is 3.57. The Morgan fingerprint density at radius 3 is 2.68 bits per heavy atom. The fraction of sp³-hybridized carbons (Fsp3) is 0.176. The molecule has 5 nitrogen and oxygen atoms in total. The zero-order valence-corrected chi connectivity index (χ0v) is 12.1. The number of aliphatic carboxylic acids is 1. The highest BCUT2D eigenvalue weighted by Gasteiger charge is 2.09. The summed E-state index contributed by atoms with van der Waals surface area (Å²) in [5.74, 6) is -0.836. The molecule has 0 aliphatic rings. The zero-order chi connectivity index (χ0) is 15.4. The van der Waals surface area contributed by atoms with Gasteiger partial charge in [0.05, 0.1) is 0 Å². The number of pyridine rings is 1. The second-order valence-corrected chi connectivity index (χ2v) is 5.15. The highest BCUT2D eigenvalue weighted by Crippen LogP contribution is 2.21. The van der Waals surface area contributed by atoms with Crippen LogP contribution in [0.1, 0.15) is 11.1 Å². The minimum Gasteiger partial charge on any atom is -0.480 e. The van der Waals surface area contributed by atoms with Crippen molar-refractivity contribution in [3.05, 3.63) is 66.1 Å². The predicted molar refractivity (Wildman–Crippen MR) is 84.4 cm³/mol. The van der Waals surface area contributed by atoms with Crippen LogP contribution in [0, 0.1) is 0 Å². The number of hydrogen-bond acceptors (Lipinski definition) is 3. The van der Waals surface area contributed by atoms with Crippen molar-refractivity contribution < 1.29 is 9.90 Å². The van der Waals surface area contributed by atoms with E-state index in [2.05, 4.69) is 10.3 Å². The molecule has 1 aromatic carbocycles. The summed E-state index contributed by atoms with van der Waals surface area (Å²) in [4.78, 5) is 15.0. The second kappa shape index (κ2) is 6.41. The van der Waals surface area contributed by atoms with E-state index in [4.69, 9.17) is 5.11 Å². The molecular formula is C17H17N3O2. The highest BCUT2D eigenvalue weighted by molar-refractivity contribution is 5.85. The molecule has 0 aliphatic heterocycles. The summed E-state index contributed by atoms with van der Waals surface area (Å²) in [6, 6.07) is 11.8. The molecule has 0 saturated carbocycles. The molecule has 0 radical (unpaired) electrons. The molecule has 0 fully saturated rings. The lowest BCUT2D eigenvalue weighted by molar-refractivity contribution is -0.137. The summed E-state index contributed by atoms with van der Waals surface area (Å²) in [5.41, 5.74) is 3.22. The van der Waals surface area contributed by atoms with Gasteiger partial charge in [-0.3, -0.25) is 9.78 Å². The van der Waals surface area contributed by atoms with Gasteiger partial charge in [0.15, 0.2) is 0 Å². The van der Waals surface area contributed by atoms with Crippen molar-refractivity contribution in [3.63, 3.8) is 0 Å². The number of para-hydroxylation sites is 1. The average Bonchev–Trinajstić information content (AvgIpc) is 2.86. The van der Waals surface area contributed by atoms with Crippen LogP contribution in [-0.4, -0.2) is 20.6 Å². The maximum atomic E-state index is 11.0. The smallest absolute Gasteiger partial charge is 0.323 e. The quantitative estimate of drug-likeness (QED) is 0.733. The molecule has 5 heteroatoms. The molecule has 2 aromatic heterocycles. The molecule has 0 unspecified atom stereocenters. The number of carboxylic acid groups (broad SMARTS) is 1. The number of nitrogens with one attached hydrogen (secondary N) is 1. The first-order valence-corrected chi connectivity index (χ1v) is 7.12. The van der Waals surface area contributed by atoms with Gasteiger partial charge in [-0.1, -0.05) is 18.2 Å². The van der Waals surface area contributed by atoms with Crippen molar-refractivity contribution in [2.45, 2.75) is 19.6 Å². The van der Waals surface area contributed by atoms with Gasteiger partial charge in [-0.15, -0.1) is 0 Å². The van der Waals surface area contributed by atoms with Gasteiger partial charge < -0.3 is 15.0 Å². The minimum absolute atomic E-state index is 0.0229. The third-order valence-electron chi connectivity index (χ3n) is 3.57. The number of carbonyl (C=O) groups is 1. The summed E-state index contributed by atoms with van der Waals surface area (Å²) in [6.45, 7) is 1.42. The van der Waals surface area contributed by atoms with Crippen LogP contribution >= 0.6 is 0 Å². The normalized spacial score (nSPS) is 10.9. The molecule has 2 N–H and O–H groups in total. The van der Waals surface area contributed by atoms with Crippen LogP contribution in [0.2, 0.25) is 0 Å². The van der Waals surface area contributed by atoms with Gasteiger partial charge in [-0.25, -0.2) is 0 Å². The first kappa shape index (κ1) is 14.3. The summed E-state index contributed by atoms with van der Waals surface area (Å²) in [5, 5.41) is 13.5. The monoisotopic (exact) mass is 295 g/mol. The van der Waals surface area contributed by atoms with Gasteiger partial charge in [-0.2, -0.15) is 0 Å². The van der Waals surface area contributed by atoms with E-state index in [1.54, 1.807) is 17.0 Å². The number of hydrogen-bond donors (Lipinski definition) is 2. The molecule has 112 valence electrons. The number of benzene rings is 1. The van der Waals surface area contributed by atoms with Crippen molar-refractivity contribution in [1.82, 2.24) is 14.9 Å². The van der Waals surface area contributed by atoms with Gasteiger partial charge in [0.1, 0.15) is 6.54 Å². The standard InChI is InChI=1S/C17H17N3O2/c21-17(22)12-20-11-14(15-3-1-2-4-16(15)20)10-19-9-13-5-7-18-8-6-13/h1-8,11,19H,9-10,12H2,(H,21,22). The van der Waals surface area contributed by atoms with Crippen LogP contribution in [0.5, 0.6) is 0 Å². The van der Waals surface area contributed by atoms with E-state index in [0.29, 0.717) is 6.54 Å². The fourth-order valence-corrected chi connectivity index (χ4v) is 2.58. The lowest BCUT2D eigenvalue weighted by atomic mass is 10.2. The van der Waals surface area contributed by atoms with Crippen molar-refractivity contribution >= 4 is 16.9 Å². The van der Waals surface area contributed by atoms with Gasteiger partial charge in [0.2, 0.25) is 0 Å². The molecule has 0 atom stereocenters. The number of aromatic nitrogens is 2. The van der Waals surface area contributed by atoms with Crippen molar-refractivity contribution in [2.75, 3.05) is 0 Å². The van der Waals surface area contributed by atoms with E-state index < -0.39 is 5.97 Å². The second-order valence-electron chi connectivity index (χ2n) is 5.15. The van der Waals surface area contributed by atoms with Gasteiger partial charge in [0, 0.05) is 42.6 Å². The zero-order valence-electron chi connectivity index (χ0n) is 12.1. The molecule has 0 saturated heterocycles. The van der Waals surface area contributed by atoms with Crippen molar-refractivity contribution in [1.29, 1.82) is 0 Å². The Labute approximate surface area is 128 Å². The Balaban J connectivity index is 1.77. The lowest BCUT2D eigenvalue weighted by Crippen LogP contribution is -2.12. The van der Waals surface area contributed by atoms with Crippen LogP contribution in [0.3, 0.4) is 0 Å². The molecule has 0 bridgehead atoms. The predicted octanol–water partition coefficient (Wildman–Crippen LogP) is 2.41. The molecule has 22 heavy (non-hydrogen) atoms. The molecular weight excluding hydrogens is 278 g/mol. The molecule has 0 aliphatic carbocycles. The van der Waals surface area contributed by atoms with Gasteiger partial charge in [-0.05, 0) is 29.3 Å². The lowest BCUT2D eigenvalue weighted by Gasteiger charge is -2.03. The topological polar surface area (TPSA) is 67.2 Å². The van der Waals surface area contributed by atoms with Crippen LogP contribution in [0.4, 0.5) is 0 Å². The highest BCUT2D eigenvalue weighted by atomic mass is 16.4. The average molecular weight is 295 g/mol. The van der Waals surface area contributed by atoms with Gasteiger partial charge >= 0.3 is 5.97 Å². The van der Waals surface area contributed by atoms with Crippen LogP contribution in [0.25, 0.3) is 10.9 Å². The molecule has 0 spiro atoms. The molecule has 3 aromatic rings. The Morgan fingerprint density at radius 1 is 1.14 bits per heavy atom. The minimum atomic E-state index is -0.836. The number of rotatable bonds is 6. The fourth-order valence-electron chi connectivity index (χ4n) is 2.58. The van der Waals surface area contributed by atoms with Crippen molar-refractivity contribution in [3.8, 4) is 0 Å². The Hall–Kier alpha value is -2.66. The largest absolute Gasteiger partial charge is 0.480 e. The van der Waals surface area contributed by atoms with E-state index in [9.17, 15) is 4.79 Å². The maximum absolute atomic E-state index is 11.0. The Morgan fingerprint density at radius 2 is 1.91 bits per heavy atom. The summed E-state index contributed by atoms with van der Waals surface area (Å²) >= 11 is 0. The van der Waals surface area contributed by atoms with Crippen molar-refractivity contribution in [2.24, 2.45) is 0 Å². The van der Waals surface area contributed by atoms with Crippen LogP contribution in [-0.2, 0) is 24.4 Å². The molecule has 2 heterocycles. The first-order chi connectivity index (χ1) is 10.7. The molecule has 3 rings (SSSR count). The summed E-state index contributed by atoms with van der Waals surface area (Å²) in [6.07, 6.45) is 5.46. The summed E-state index contributed by atoms with van der Waals surface area (Å²) < 4.78 is 1.78. The molecule has 0 amide bonds. The number of nitrogens with zero attached hydrogens (tertiary/aromatic N) is 2. The first-order valence-electron chi connectivity index (χ1n) is 7.12.